The highest BCUT2D eigenvalue weighted by atomic mass is 14.6. The molecule has 1 heteroatoms. The van der Waals surface area contributed by atoms with E-state index in [1.807, 2.05) is 6.92 Å². The fourth-order valence-electron chi connectivity index (χ4n) is 1.06. The summed E-state index contributed by atoms with van der Waals surface area (Å²) in [6.07, 6.45) is 8.58. The van der Waals surface area contributed by atoms with Gasteiger partial charge in [0.15, 0.2) is 0 Å². The van der Waals surface area contributed by atoms with Crippen LogP contribution in [0.1, 0.15) is 19.8 Å². The molecule has 0 aliphatic heterocycles. The molecule has 1 aliphatic rings. The van der Waals surface area contributed by atoms with Gasteiger partial charge in [-0.15, -0.1) is 0 Å². The van der Waals surface area contributed by atoms with Gasteiger partial charge in [-0.1, -0.05) is 23.8 Å². The van der Waals surface area contributed by atoms with E-state index in [2.05, 4.69) is 18.2 Å². The van der Waals surface area contributed by atoms with Crippen LogP contribution >= 0.6 is 0 Å². The molecule has 0 radical (unpaired) electrons. The quantitative estimate of drug-likeness (QED) is 0.593. The van der Waals surface area contributed by atoms with Crippen LogP contribution in [0.4, 0.5) is 0 Å². The molecule has 1 unspecified atom stereocenters. The van der Waals surface area contributed by atoms with Crippen LogP contribution in [-0.4, -0.2) is 6.04 Å². The van der Waals surface area contributed by atoms with Gasteiger partial charge in [0, 0.05) is 6.04 Å². The zero-order valence-electron chi connectivity index (χ0n) is 5.80. The summed E-state index contributed by atoms with van der Waals surface area (Å²) in [5.74, 6) is 0. The Balaban J connectivity index is 2.30. The van der Waals surface area contributed by atoms with Gasteiger partial charge in [0.2, 0.25) is 0 Å². The molecular weight excluding hydrogens is 110 g/mol. The molecule has 1 aliphatic carbocycles. The van der Waals surface area contributed by atoms with Crippen molar-refractivity contribution in [2.75, 3.05) is 0 Å². The largest absolute Gasteiger partial charge is 0.328 e. The van der Waals surface area contributed by atoms with Crippen molar-refractivity contribution in [2.45, 2.75) is 25.8 Å². The second-order valence-electron chi connectivity index (χ2n) is 2.64. The van der Waals surface area contributed by atoms with Crippen molar-refractivity contribution >= 4 is 0 Å². The average molecular weight is 123 g/mol. The molecule has 1 rings (SSSR count). The lowest BCUT2D eigenvalue weighted by molar-refractivity contribution is 0.724. The number of nitrogens with two attached hydrogens (primary N) is 1. The molecule has 9 heavy (non-hydrogen) atoms. The Morgan fingerprint density at radius 3 is 3.00 bits per heavy atom. The van der Waals surface area contributed by atoms with Gasteiger partial charge < -0.3 is 5.73 Å². The van der Waals surface area contributed by atoms with Crippen LogP contribution in [0, 0.1) is 0 Å². The molecule has 0 saturated carbocycles. The Morgan fingerprint density at radius 2 is 2.56 bits per heavy atom. The summed E-state index contributed by atoms with van der Waals surface area (Å²) in [7, 11) is 0. The zero-order valence-corrected chi connectivity index (χ0v) is 5.80. The molecule has 0 spiro atoms. The first-order valence-corrected chi connectivity index (χ1v) is 3.39. The molecule has 0 amide bonds. The van der Waals surface area contributed by atoms with E-state index in [4.69, 9.17) is 5.73 Å². The summed E-state index contributed by atoms with van der Waals surface area (Å²) < 4.78 is 0. The van der Waals surface area contributed by atoms with Crippen molar-refractivity contribution in [2.24, 2.45) is 5.73 Å². The number of rotatable bonds is 2. The minimum absolute atomic E-state index is 0.316. The highest BCUT2D eigenvalue weighted by Crippen LogP contribution is 2.14. The van der Waals surface area contributed by atoms with Gasteiger partial charge in [-0.25, -0.2) is 0 Å². The van der Waals surface area contributed by atoms with E-state index in [0.717, 1.165) is 12.8 Å². The number of hydrogen-bond donors (Lipinski definition) is 1. The third-order valence-corrected chi connectivity index (χ3v) is 1.43. The Hall–Kier alpha value is -0.560. The molecule has 50 valence electrons. The SMILES string of the molecule is CC(N)CC1=CC=CC1. The molecule has 0 heterocycles. The molecule has 0 fully saturated rings. The second kappa shape index (κ2) is 2.83. The third-order valence-electron chi connectivity index (χ3n) is 1.43. The zero-order chi connectivity index (χ0) is 6.69. The Bertz CT molecular complexity index is 143. The van der Waals surface area contributed by atoms with E-state index < -0.39 is 0 Å². The van der Waals surface area contributed by atoms with Crippen LogP contribution in [-0.2, 0) is 0 Å². The minimum Gasteiger partial charge on any atom is -0.328 e. The maximum atomic E-state index is 5.60. The number of allylic oxidation sites excluding steroid dienone is 3. The Labute approximate surface area is 56.2 Å². The van der Waals surface area contributed by atoms with E-state index in [-0.39, 0.29) is 0 Å². The van der Waals surface area contributed by atoms with Crippen LogP contribution in [0.15, 0.2) is 23.8 Å². The van der Waals surface area contributed by atoms with Gasteiger partial charge in [-0.2, -0.15) is 0 Å². The van der Waals surface area contributed by atoms with Crippen molar-refractivity contribution in [1.29, 1.82) is 0 Å². The van der Waals surface area contributed by atoms with E-state index in [1.165, 1.54) is 5.57 Å². The lowest BCUT2D eigenvalue weighted by Gasteiger charge is -2.03. The highest BCUT2D eigenvalue weighted by molar-refractivity contribution is 5.23. The predicted octanol–water partition coefficient (Wildman–Crippen LogP) is 1.61. The van der Waals surface area contributed by atoms with Crippen molar-refractivity contribution in [3.05, 3.63) is 23.8 Å². The molecule has 0 saturated heterocycles. The third kappa shape index (κ3) is 2.02. The van der Waals surface area contributed by atoms with Crippen molar-refractivity contribution in [1.82, 2.24) is 0 Å². The average Bonchev–Trinajstić information content (AvgIpc) is 2.15. The van der Waals surface area contributed by atoms with Crippen LogP contribution < -0.4 is 5.73 Å². The van der Waals surface area contributed by atoms with Gasteiger partial charge in [0.1, 0.15) is 0 Å². The van der Waals surface area contributed by atoms with Crippen molar-refractivity contribution in [3.8, 4) is 0 Å². The van der Waals surface area contributed by atoms with Gasteiger partial charge in [-0.05, 0) is 19.8 Å². The molecule has 2 N–H and O–H groups in total. The first-order chi connectivity index (χ1) is 4.29. The maximum Gasteiger partial charge on any atom is 0.00478 e. The molecule has 0 aromatic heterocycles. The molecule has 0 aromatic carbocycles. The summed E-state index contributed by atoms with van der Waals surface area (Å²) in [5.41, 5.74) is 7.07. The molecule has 0 bridgehead atoms. The van der Waals surface area contributed by atoms with Gasteiger partial charge >= 0.3 is 0 Å². The lowest BCUT2D eigenvalue weighted by Crippen LogP contribution is -2.14. The van der Waals surface area contributed by atoms with Crippen LogP contribution in [0.5, 0.6) is 0 Å². The molecular formula is C8H13N. The monoisotopic (exact) mass is 123 g/mol. The van der Waals surface area contributed by atoms with Crippen LogP contribution in [0.2, 0.25) is 0 Å². The van der Waals surface area contributed by atoms with Gasteiger partial charge in [-0.3, -0.25) is 0 Å². The van der Waals surface area contributed by atoms with E-state index in [0.29, 0.717) is 6.04 Å². The first kappa shape index (κ1) is 6.56. The van der Waals surface area contributed by atoms with Crippen LogP contribution in [0.25, 0.3) is 0 Å². The van der Waals surface area contributed by atoms with Crippen LogP contribution in [0.3, 0.4) is 0 Å². The Kier molecular flexibility index (Phi) is 2.06. The highest BCUT2D eigenvalue weighted by Gasteiger charge is 2.01. The van der Waals surface area contributed by atoms with E-state index >= 15 is 0 Å². The summed E-state index contributed by atoms with van der Waals surface area (Å²) in [4.78, 5) is 0. The summed E-state index contributed by atoms with van der Waals surface area (Å²) >= 11 is 0. The van der Waals surface area contributed by atoms with Crippen molar-refractivity contribution in [3.63, 3.8) is 0 Å². The summed E-state index contributed by atoms with van der Waals surface area (Å²) in [6.45, 7) is 2.04. The topological polar surface area (TPSA) is 26.0 Å². The summed E-state index contributed by atoms with van der Waals surface area (Å²) in [5, 5.41) is 0. The maximum absolute atomic E-state index is 5.60. The summed E-state index contributed by atoms with van der Waals surface area (Å²) in [6, 6.07) is 0.316. The smallest absolute Gasteiger partial charge is 0.00478 e. The lowest BCUT2D eigenvalue weighted by atomic mass is 10.1. The predicted molar refractivity (Wildman–Crippen MR) is 40.1 cm³/mol. The fourth-order valence-corrected chi connectivity index (χ4v) is 1.06. The van der Waals surface area contributed by atoms with Crippen molar-refractivity contribution < 1.29 is 0 Å². The number of hydrogen-bond acceptors (Lipinski definition) is 1. The normalized spacial score (nSPS) is 20.0. The molecule has 0 aromatic rings. The molecule has 1 atom stereocenters. The first-order valence-electron chi connectivity index (χ1n) is 3.39. The van der Waals surface area contributed by atoms with E-state index in [9.17, 15) is 0 Å². The minimum atomic E-state index is 0.316. The Morgan fingerprint density at radius 1 is 1.78 bits per heavy atom. The second-order valence-corrected chi connectivity index (χ2v) is 2.64. The fraction of sp³-hybridized carbons (Fsp3) is 0.500. The standard InChI is InChI=1S/C8H13N/c1-7(9)6-8-4-2-3-5-8/h2-4,7H,5-6,9H2,1H3. The molecule has 1 nitrogen and oxygen atoms in total. The van der Waals surface area contributed by atoms with Gasteiger partial charge in [0.05, 0.1) is 0 Å². The van der Waals surface area contributed by atoms with E-state index in [1.54, 1.807) is 0 Å². The van der Waals surface area contributed by atoms with Gasteiger partial charge in [0.25, 0.3) is 0 Å².